The molecule has 8 nitrogen and oxygen atoms in total. The molecule has 0 radical (unpaired) electrons. The number of benzene rings is 1. The van der Waals surface area contributed by atoms with Crippen LogP contribution in [-0.4, -0.2) is 76.6 Å². The summed E-state index contributed by atoms with van der Waals surface area (Å²) in [5, 5.41) is 2.87. The van der Waals surface area contributed by atoms with Crippen molar-refractivity contribution in [2.24, 2.45) is 0 Å². The predicted molar refractivity (Wildman–Crippen MR) is 138 cm³/mol. The lowest BCUT2D eigenvalue weighted by Gasteiger charge is -2.36. The molecule has 0 saturated carbocycles. The maximum Gasteiger partial charge on any atom is 0.225 e. The molecule has 0 aliphatic carbocycles. The quantitative estimate of drug-likeness (QED) is 0.509. The molecule has 1 aromatic carbocycles. The molecule has 3 atom stereocenters. The SMILES string of the molecule is CC[C@H]1CCCCN1C(=O)C[C@H](NC(=O)CCN(C)C)C(=O)C[C@@H](C)c1nc2c(C)cccc2[nH]1. The Balaban J connectivity index is 1.73. The molecule has 2 heterocycles. The van der Waals surface area contributed by atoms with Gasteiger partial charge in [0.1, 0.15) is 5.82 Å². The minimum Gasteiger partial charge on any atom is -0.346 e. The van der Waals surface area contributed by atoms with Crippen molar-refractivity contribution >= 4 is 28.6 Å². The topological polar surface area (TPSA) is 98.4 Å². The van der Waals surface area contributed by atoms with E-state index in [1.807, 2.05) is 55.9 Å². The number of piperidine rings is 1. The number of amides is 2. The molecule has 1 aliphatic heterocycles. The lowest BCUT2D eigenvalue weighted by atomic mass is 9.95. The summed E-state index contributed by atoms with van der Waals surface area (Å²) in [7, 11) is 3.80. The first-order chi connectivity index (χ1) is 16.7. The van der Waals surface area contributed by atoms with Crippen molar-refractivity contribution in [3.8, 4) is 0 Å². The summed E-state index contributed by atoms with van der Waals surface area (Å²) in [4.78, 5) is 51.2. The molecule has 8 heteroatoms. The van der Waals surface area contributed by atoms with Gasteiger partial charge >= 0.3 is 0 Å². The number of fused-ring (bicyclic) bond motifs is 1. The Hall–Kier alpha value is -2.74. The van der Waals surface area contributed by atoms with E-state index in [0.717, 1.165) is 54.6 Å². The molecule has 2 N–H and O–H groups in total. The van der Waals surface area contributed by atoms with Crippen molar-refractivity contribution in [2.75, 3.05) is 27.2 Å². The Morgan fingerprint density at radius 1 is 1.23 bits per heavy atom. The molecule has 2 amide bonds. The zero-order valence-electron chi connectivity index (χ0n) is 21.9. The number of carbonyl (C=O) groups excluding carboxylic acids is 3. The van der Waals surface area contributed by atoms with Crippen molar-refractivity contribution in [1.29, 1.82) is 0 Å². The van der Waals surface area contributed by atoms with Crippen LogP contribution in [0.5, 0.6) is 0 Å². The summed E-state index contributed by atoms with van der Waals surface area (Å²) in [5.74, 6) is 0.196. The van der Waals surface area contributed by atoms with E-state index in [2.05, 4.69) is 17.2 Å². The number of H-pyrrole nitrogens is 1. The van der Waals surface area contributed by atoms with Crippen LogP contribution in [0, 0.1) is 6.92 Å². The van der Waals surface area contributed by atoms with E-state index >= 15 is 0 Å². The summed E-state index contributed by atoms with van der Waals surface area (Å²) >= 11 is 0. The summed E-state index contributed by atoms with van der Waals surface area (Å²) in [5.41, 5.74) is 2.92. The lowest BCUT2D eigenvalue weighted by Crippen LogP contribution is -2.49. The number of aromatic amines is 1. The van der Waals surface area contributed by atoms with Gasteiger partial charge in [0, 0.05) is 37.9 Å². The van der Waals surface area contributed by atoms with Crippen LogP contribution in [0.2, 0.25) is 0 Å². The van der Waals surface area contributed by atoms with Crippen LogP contribution in [0.25, 0.3) is 11.0 Å². The molecular weight excluding hydrogens is 442 g/mol. The van der Waals surface area contributed by atoms with Gasteiger partial charge in [-0.15, -0.1) is 0 Å². The fourth-order valence-electron chi connectivity index (χ4n) is 4.85. The van der Waals surface area contributed by atoms with Gasteiger partial charge in [-0.2, -0.15) is 0 Å². The normalized spacial score (nSPS) is 18.0. The number of nitrogens with one attached hydrogen (secondary N) is 2. The molecule has 0 bridgehead atoms. The fraction of sp³-hybridized carbons (Fsp3) is 0.630. The number of aromatic nitrogens is 2. The molecule has 1 fully saturated rings. The van der Waals surface area contributed by atoms with Crippen LogP contribution < -0.4 is 5.32 Å². The Labute approximate surface area is 208 Å². The predicted octanol–water partition coefficient (Wildman–Crippen LogP) is 3.55. The monoisotopic (exact) mass is 483 g/mol. The van der Waals surface area contributed by atoms with Gasteiger partial charge in [-0.25, -0.2) is 4.98 Å². The summed E-state index contributed by atoms with van der Waals surface area (Å²) in [6.07, 6.45) is 4.50. The number of para-hydroxylation sites is 1. The maximum absolute atomic E-state index is 13.4. The zero-order chi connectivity index (χ0) is 25.5. The molecule has 0 spiro atoms. The number of rotatable bonds is 11. The van der Waals surface area contributed by atoms with Gasteiger partial charge in [0.15, 0.2) is 5.78 Å². The third kappa shape index (κ3) is 7.13. The van der Waals surface area contributed by atoms with Gasteiger partial charge in [-0.1, -0.05) is 26.0 Å². The standard InChI is InChI=1S/C27H41N5O3/c1-6-20-11-7-8-14-32(20)25(35)17-22(28-24(34)13-15-31(4)5)23(33)16-19(3)27-29-21-12-9-10-18(2)26(21)30-27/h9-10,12,19-20,22H,6-8,11,13-17H2,1-5H3,(H,28,34)(H,29,30)/t19-,20+,22+/m1/s1. The molecule has 192 valence electrons. The first kappa shape index (κ1) is 26.9. The molecule has 35 heavy (non-hydrogen) atoms. The second kappa shape index (κ2) is 12.3. The van der Waals surface area contributed by atoms with E-state index in [0.29, 0.717) is 6.54 Å². The minimum absolute atomic E-state index is 0.00892. The van der Waals surface area contributed by atoms with Crippen LogP contribution >= 0.6 is 0 Å². The third-order valence-corrected chi connectivity index (χ3v) is 7.01. The second-order valence-corrected chi connectivity index (χ2v) is 10.2. The Bertz CT molecular complexity index is 1030. The van der Waals surface area contributed by atoms with Gasteiger partial charge in [-0.05, 0) is 58.3 Å². The van der Waals surface area contributed by atoms with E-state index in [9.17, 15) is 14.4 Å². The summed E-state index contributed by atoms with van der Waals surface area (Å²) in [6, 6.07) is 5.35. The second-order valence-electron chi connectivity index (χ2n) is 10.2. The number of Topliss-reactive ketones (excluding diaryl/α,β-unsaturated/α-hetero) is 1. The van der Waals surface area contributed by atoms with Crippen LogP contribution in [0.3, 0.4) is 0 Å². The fourth-order valence-corrected chi connectivity index (χ4v) is 4.85. The number of aryl methyl sites for hydroxylation is 1. The molecule has 1 aromatic heterocycles. The van der Waals surface area contributed by atoms with Crippen molar-refractivity contribution < 1.29 is 14.4 Å². The Morgan fingerprint density at radius 3 is 2.69 bits per heavy atom. The molecule has 1 aliphatic rings. The van der Waals surface area contributed by atoms with Crippen molar-refractivity contribution in [2.45, 2.75) is 83.7 Å². The van der Waals surface area contributed by atoms with Crippen LogP contribution in [0.4, 0.5) is 0 Å². The van der Waals surface area contributed by atoms with Crippen molar-refractivity contribution in [1.82, 2.24) is 25.1 Å². The highest BCUT2D eigenvalue weighted by molar-refractivity contribution is 5.93. The van der Waals surface area contributed by atoms with Crippen LogP contribution in [0.1, 0.15) is 76.1 Å². The molecule has 0 unspecified atom stereocenters. The highest BCUT2D eigenvalue weighted by atomic mass is 16.2. The molecular formula is C27H41N5O3. The third-order valence-electron chi connectivity index (χ3n) is 7.01. The number of nitrogens with zero attached hydrogens (tertiary/aromatic N) is 3. The van der Waals surface area contributed by atoms with Crippen LogP contribution in [-0.2, 0) is 14.4 Å². The molecule has 3 rings (SSSR count). The van der Waals surface area contributed by atoms with E-state index in [4.69, 9.17) is 4.98 Å². The largest absolute Gasteiger partial charge is 0.346 e. The Kier molecular flexibility index (Phi) is 9.43. The highest BCUT2D eigenvalue weighted by Crippen LogP contribution is 2.24. The molecule has 1 saturated heterocycles. The van der Waals surface area contributed by atoms with E-state index in [1.54, 1.807) is 0 Å². The van der Waals surface area contributed by atoms with E-state index in [-0.39, 0.29) is 48.8 Å². The van der Waals surface area contributed by atoms with Crippen molar-refractivity contribution in [3.05, 3.63) is 29.6 Å². The summed E-state index contributed by atoms with van der Waals surface area (Å²) < 4.78 is 0. The lowest BCUT2D eigenvalue weighted by molar-refractivity contribution is -0.138. The van der Waals surface area contributed by atoms with Crippen molar-refractivity contribution in [3.63, 3.8) is 0 Å². The summed E-state index contributed by atoms with van der Waals surface area (Å²) in [6.45, 7) is 7.37. The van der Waals surface area contributed by atoms with Crippen LogP contribution in [0.15, 0.2) is 18.2 Å². The van der Waals surface area contributed by atoms with Gasteiger partial charge in [0.2, 0.25) is 11.8 Å². The van der Waals surface area contributed by atoms with E-state index in [1.165, 1.54) is 0 Å². The zero-order valence-corrected chi connectivity index (χ0v) is 21.9. The van der Waals surface area contributed by atoms with E-state index < -0.39 is 6.04 Å². The Morgan fingerprint density at radius 2 is 2.00 bits per heavy atom. The minimum atomic E-state index is -0.829. The van der Waals surface area contributed by atoms with Gasteiger partial charge in [0.05, 0.1) is 23.5 Å². The number of likely N-dealkylation sites (tertiary alicyclic amines) is 1. The number of imidazole rings is 1. The maximum atomic E-state index is 13.4. The van der Waals surface area contributed by atoms with Gasteiger partial charge < -0.3 is 20.1 Å². The number of hydrogen-bond donors (Lipinski definition) is 2. The number of hydrogen-bond acceptors (Lipinski definition) is 5. The average Bonchev–Trinajstić information content (AvgIpc) is 3.28. The highest BCUT2D eigenvalue weighted by Gasteiger charge is 2.31. The first-order valence-corrected chi connectivity index (χ1v) is 12.9. The van der Waals surface area contributed by atoms with Gasteiger partial charge in [0.25, 0.3) is 0 Å². The first-order valence-electron chi connectivity index (χ1n) is 12.9. The average molecular weight is 484 g/mol. The van der Waals surface area contributed by atoms with Gasteiger partial charge in [-0.3, -0.25) is 14.4 Å². The number of ketones is 1. The molecule has 2 aromatic rings. The number of carbonyl (C=O) groups is 3. The smallest absolute Gasteiger partial charge is 0.225 e.